The molecule has 62 valence electrons. The Labute approximate surface area is 57.5 Å². The van der Waals surface area contributed by atoms with E-state index in [-0.39, 0.29) is 0 Å². The summed E-state index contributed by atoms with van der Waals surface area (Å²) in [6, 6.07) is 0. The van der Waals surface area contributed by atoms with Crippen LogP contribution in [0.2, 0.25) is 0 Å². The van der Waals surface area contributed by atoms with Gasteiger partial charge in [0.15, 0.2) is 12.6 Å². The van der Waals surface area contributed by atoms with Gasteiger partial charge in [-0.3, -0.25) is 0 Å². The lowest BCUT2D eigenvalue weighted by Gasteiger charge is -2.15. The molecule has 0 aliphatic rings. The van der Waals surface area contributed by atoms with Crippen LogP contribution in [0, 0.1) is 0 Å². The molecule has 6 heteroatoms. The summed E-state index contributed by atoms with van der Waals surface area (Å²) >= 11 is 0. The zero-order valence-electron chi connectivity index (χ0n) is 5.25. The van der Waals surface area contributed by atoms with Crippen molar-refractivity contribution in [2.45, 2.75) is 12.6 Å². The molecule has 0 unspecified atom stereocenters. The standard InChI is InChI=1S/C4H11NO5/c6-3(7)1-5(10)2-4(8)9/h3-4,6-10H,1-2H2. The monoisotopic (exact) mass is 153 g/mol. The van der Waals surface area contributed by atoms with E-state index >= 15 is 0 Å². The fourth-order valence-corrected chi connectivity index (χ4v) is 0.452. The van der Waals surface area contributed by atoms with E-state index in [0.29, 0.717) is 5.06 Å². The molecule has 0 aliphatic carbocycles. The van der Waals surface area contributed by atoms with Gasteiger partial charge in [-0.05, 0) is 0 Å². The Balaban J connectivity index is 3.34. The highest BCUT2D eigenvalue weighted by Gasteiger charge is 2.08. The van der Waals surface area contributed by atoms with Crippen molar-refractivity contribution >= 4 is 0 Å². The Hall–Kier alpha value is -0.240. The van der Waals surface area contributed by atoms with Crippen molar-refractivity contribution in [1.82, 2.24) is 5.06 Å². The molecule has 5 N–H and O–H groups in total. The second kappa shape index (κ2) is 4.56. The van der Waals surface area contributed by atoms with E-state index in [1.54, 1.807) is 0 Å². The predicted molar refractivity (Wildman–Crippen MR) is 29.8 cm³/mol. The maximum absolute atomic E-state index is 8.58. The number of hydrogen-bond acceptors (Lipinski definition) is 6. The van der Waals surface area contributed by atoms with Crippen LogP contribution in [-0.2, 0) is 0 Å². The van der Waals surface area contributed by atoms with Crippen molar-refractivity contribution in [2.24, 2.45) is 0 Å². The number of rotatable bonds is 4. The molecule has 0 atom stereocenters. The van der Waals surface area contributed by atoms with Gasteiger partial charge in [0.1, 0.15) is 0 Å². The fraction of sp³-hybridized carbons (Fsp3) is 1.00. The average molecular weight is 153 g/mol. The SMILES string of the molecule is OC(O)CN(O)CC(O)O. The lowest BCUT2D eigenvalue weighted by molar-refractivity contribution is -0.192. The molecular formula is C4H11NO5. The van der Waals surface area contributed by atoms with E-state index in [1.807, 2.05) is 0 Å². The lowest BCUT2D eigenvalue weighted by Crippen LogP contribution is -2.35. The van der Waals surface area contributed by atoms with Crippen LogP contribution in [0.4, 0.5) is 0 Å². The molecule has 0 amide bonds. The van der Waals surface area contributed by atoms with Crippen LogP contribution in [0.1, 0.15) is 0 Å². The Morgan fingerprint density at radius 2 is 1.20 bits per heavy atom. The van der Waals surface area contributed by atoms with Gasteiger partial charge in [0.2, 0.25) is 0 Å². The van der Waals surface area contributed by atoms with Crippen LogP contribution in [-0.4, -0.2) is 56.4 Å². The quantitative estimate of drug-likeness (QED) is 0.222. The minimum absolute atomic E-state index is 0.398. The topological polar surface area (TPSA) is 104 Å². The summed E-state index contributed by atoms with van der Waals surface area (Å²) in [5.74, 6) is 0. The minimum Gasteiger partial charge on any atom is -0.367 e. The van der Waals surface area contributed by atoms with Crippen LogP contribution in [0.15, 0.2) is 0 Å². The zero-order valence-corrected chi connectivity index (χ0v) is 5.25. The Kier molecular flexibility index (Phi) is 4.45. The Morgan fingerprint density at radius 1 is 0.900 bits per heavy atom. The summed E-state index contributed by atoms with van der Waals surface area (Å²) in [6.45, 7) is -0.866. The summed E-state index contributed by atoms with van der Waals surface area (Å²) < 4.78 is 0. The third-order valence-corrected chi connectivity index (χ3v) is 0.748. The molecule has 0 heterocycles. The van der Waals surface area contributed by atoms with Gasteiger partial charge in [0.25, 0.3) is 0 Å². The molecule has 0 radical (unpaired) electrons. The molecule has 0 bridgehead atoms. The van der Waals surface area contributed by atoms with Crippen LogP contribution in [0.3, 0.4) is 0 Å². The van der Waals surface area contributed by atoms with Crippen molar-refractivity contribution in [1.29, 1.82) is 0 Å². The molecule has 0 fully saturated rings. The lowest BCUT2D eigenvalue weighted by atomic mass is 10.5. The number of hydroxylamine groups is 2. The first kappa shape index (κ1) is 9.76. The highest BCUT2D eigenvalue weighted by Crippen LogP contribution is 1.86. The average Bonchev–Trinajstić information content (AvgIpc) is 1.58. The second-order valence-corrected chi connectivity index (χ2v) is 1.83. The second-order valence-electron chi connectivity index (χ2n) is 1.83. The molecule has 0 rings (SSSR count). The van der Waals surface area contributed by atoms with E-state index < -0.39 is 25.7 Å². The van der Waals surface area contributed by atoms with E-state index in [9.17, 15) is 0 Å². The smallest absolute Gasteiger partial charge is 0.166 e. The maximum atomic E-state index is 8.58. The van der Waals surface area contributed by atoms with Gasteiger partial charge in [-0.25, -0.2) is 0 Å². The first-order valence-electron chi connectivity index (χ1n) is 2.68. The molecule has 0 aromatic carbocycles. The van der Waals surface area contributed by atoms with Crippen molar-refractivity contribution in [3.05, 3.63) is 0 Å². The Morgan fingerprint density at radius 3 is 1.40 bits per heavy atom. The van der Waals surface area contributed by atoms with E-state index in [2.05, 4.69) is 0 Å². The van der Waals surface area contributed by atoms with Crippen molar-refractivity contribution in [3.63, 3.8) is 0 Å². The summed E-state index contributed by atoms with van der Waals surface area (Å²) in [4.78, 5) is 0. The maximum Gasteiger partial charge on any atom is 0.166 e. The van der Waals surface area contributed by atoms with Gasteiger partial charge in [0.05, 0.1) is 13.1 Å². The molecule has 0 aliphatic heterocycles. The molecule has 0 saturated carbocycles. The molecular weight excluding hydrogens is 142 g/mol. The first-order valence-corrected chi connectivity index (χ1v) is 2.68. The van der Waals surface area contributed by atoms with Crippen molar-refractivity contribution in [3.8, 4) is 0 Å². The van der Waals surface area contributed by atoms with Gasteiger partial charge in [-0.2, -0.15) is 5.06 Å². The summed E-state index contributed by atoms with van der Waals surface area (Å²) in [6.07, 6.45) is -3.35. The van der Waals surface area contributed by atoms with Crippen molar-refractivity contribution in [2.75, 3.05) is 13.1 Å². The van der Waals surface area contributed by atoms with Gasteiger partial charge in [0, 0.05) is 0 Å². The first-order chi connectivity index (χ1) is 4.52. The highest BCUT2D eigenvalue weighted by molar-refractivity contribution is 4.46. The largest absolute Gasteiger partial charge is 0.367 e. The van der Waals surface area contributed by atoms with Crippen molar-refractivity contribution < 1.29 is 25.6 Å². The third kappa shape index (κ3) is 5.89. The number of aliphatic hydroxyl groups excluding tert-OH is 2. The molecule has 0 aromatic heterocycles. The van der Waals surface area contributed by atoms with Gasteiger partial charge >= 0.3 is 0 Å². The van der Waals surface area contributed by atoms with Gasteiger partial charge in [-0.15, -0.1) is 0 Å². The molecule has 0 saturated heterocycles. The number of aliphatic hydroxyl groups is 4. The molecule has 6 nitrogen and oxygen atoms in total. The number of nitrogens with zero attached hydrogens (tertiary/aromatic N) is 1. The van der Waals surface area contributed by atoms with Crippen LogP contribution in [0.25, 0.3) is 0 Å². The summed E-state index contributed by atoms with van der Waals surface area (Å²) in [5, 5.41) is 41.9. The van der Waals surface area contributed by atoms with Crippen LogP contribution < -0.4 is 0 Å². The zero-order chi connectivity index (χ0) is 8.15. The number of hydrogen-bond donors (Lipinski definition) is 5. The van der Waals surface area contributed by atoms with Crippen LogP contribution >= 0.6 is 0 Å². The van der Waals surface area contributed by atoms with Gasteiger partial charge < -0.3 is 25.6 Å². The highest BCUT2D eigenvalue weighted by atomic mass is 16.5. The summed E-state index contributed by atoms with van der Waals surface area (Å²) in [5.41, 5.74) is 0. The normalized spacial score (nSPS) is 12.0. The minimum atomic E-state index is -1.68. The molecule has 0 aromatic rings. The predicted octanol–water partition coefficient (Wildman–Crippen LogP) is -2.70. The van der Waals surface area contributed by atoms with Gasteiger partial charge in [-0.1, -0.05) is 0 Å². The summed E-state index contributed by atoms with van der Waals surface area (Å²) in [7, 11) is 0. The fourth-order valence-electron chi connectivity index (χ4n) is 0.452. The van der Waals surface area contributed by atoms with E-state index in [4.69, 9.17) is 25.6 Å². The van der Waals surface area contributed by atoms with E-state index in [0.717, 1.165) is 0 Å². The van der Waals surface area contributed by atoms with Crippen LogP contribution in [0.5, 0.6) is 0 Å². The molecule has 10 heavy (non-hydrogen) atoms. The third-order valence-electron chi connectivity index (χ3n) is 0.748. The molecule has 0 spiro atoms. The Bertz CT molecular complexity index is 75.7. The van der Waals surface area contributed by atoms with E-state index in [1.165, 1.54) is 0 Å².